The number of carbonyl (C=O) groups is 1. The first-order valence-electron chi connectivity index (χ1n) is 5.57. The molecule has 0 radical (unpaired) electrons. The normalized spacial score (nSPS) is 10.6. The van der Waals surface area contributed by atoms with E-state index in [0.717, 1.165) is 5.56 Å². The lowest BCUT2D eigenvalue weighted by Crippen LogP contribution is -2.23. The van der Waals surface area contributed by atoms with Gasteiger partial charge in [-0.15, -0.1) is 11.3 Å². The van der Waals surface area contributed by atoms with Crippen molar-refractivity contribution in [2.75, 3.05) is 5.73 Å². The molecule has 0 spiro atoms. The number of carbonyl (C=O) groups excluding carboxylic acids is 1. The second-order valence-corrected chi connectivity index (χ2v) is 4.67. The number of thiazole rings is 1. The van der Waals surface area contributed by atoms with Crippen LogP contribution in [0.25, 0.3) is 0 Å². The molecule has 0 aliphatic heterocycles. The highest BCUT2D eigenvalue weighted by Crippen LogP contribution is 2.15. The van der Waals surface area contributed by atoms with E-state index in [2.05, 4.69) is 15.0 Å². The standard InChI is InChI=1S/C12H11F2N3O2S/c13-11(14)19-8-3-1-7(2-4-8)5-16-10(18)9-6-20-12(15)17-9/h1-4,6,11H,5H2,(H2,15,17)(H,16,18). The number of amides is 1. The number of anilines is 1. The molecule has 20 heavy (non-hydrogen) atoms. The maximum Gasteiger partial charge on any atom is 0.387 e. The fourth-order valence-electron chi connectivity index (χ4n) is 1.45. The fourth-order valence-corrected chi connectivity index (χ4v) is 2.00. The zero-order valence-electron chi connectivity index (χ0n) is 10.2. The number of ether oxygens (including phenoxy) is 1. The van der Waals surface area contributed by atoms with Gasteiger partial charge in [0.15, 0.2) is 5.13 Å². The maximum atomic E-state index is 12.0. The molecule has 1 heterocycles. The molecule has 0 aliphatic carbocycles. The van der Waals surface area contributed by atoms with Gasteiger partial charge in [-0.3, -0.25) is 4.79 Å². The highest BCUT2D eigenvalue weighted by molar-refractivity contribution is 7.13. The maximum absolute atomic E-state index is 12.0. The minimum Gasteiger partial charge on any atom is -0.435 e. The van der Waals surface area contributed by atoms with E-state index in [-0.39, 0.29) is 23.9 Å². The fraction of sp³-hybridized carbons (Fsp3) is 0.167. The molecule has 0 fully saturated rings. The number of hydrogen-bond donors (Lipinski definition) is 2. The SMILES string of the molecule is Nc1nc(C(=O)NCc2ccc(OC(F)F)cc2)cs1. The molecule has 0 aliphatic rings. The quantitative estimate of drug-likeness (QED) is 0.887. The molecule has 0 unspecified atom stereocenters. The van der Waals surface area contributed by atoms with E-state index in [1.54, 1.807) is 17.5 Å². The predicted molar refractivity (Wildman–Crippen MR) is 70.8 cm³/mol. The molecule has 0 bridgehead atoms. The van der Waals surface area contributed by atoms with Crippen molar-refractivity contribution in [2.45, 2.75) is 13.2 Å². The average Bonchev–Trinajstić information content (AvgIpc) is 2.84. The van der Waals surface area contributed by atoms with E-state index >= 15 is 0 Å². The lowest BCUT2D eigenvalue weighted by molar-refractivity contribution is -0.0498. The molecule has 8 heteroatoms. The van der Waals surface area contributed by atoms with E-state index < -0.39 is 6.61 Å². The van der Waals surface area contributed by atoms with Crippen molar-refractivity contribution in [3.05, 3.63) is 40.9 Å². The van der Waals surface area contributed by atoms with Gasteiger partial charge in [0.25, 0.3) is 5.91 Å². The first-order valence-corrected chi connectivity index (χ1v) is 6.45. The Labute approximate surface area is 117 Å². The Hall–Kier alpha value is -2.22. The first kappa shape index (κ1) is 14.2. The van der Waals surface area contributed by atoms with E-state index in [1.165, 1.54) is 23.5 Å². The molecular weight excluding hydrogens is 288 g/mol. The molecule has 5 nitrogen and oxygen atoms in total. The summed E-state index contributed by atoms with van der Waals surface area (Å²) in [6.07, 6.45) is 0. The van der Waals surface area contributed by atoms with Gasteiger partial charge in [-0.1, -0.05) is 12.1 Å². The van der Waals surface area contributed by atoms with E-state index in [0.29, 0.717) is 5.13 Å². The van der Waals surface area contributed by atoms with Gasteiger partial charge in [0.05, 0.1) is 0 Å². The van der Waals surface area contributed by atoms with Crippen LogP contribution in [0, 0.1) is 0 Å². The largest absolute Gasteiger partial charge is 0.435 e. The number of nitrogen functional groups attached to an aromatic ring is 1. The summed E-state index contributed by atoms with van der Waals surface area (Å²) in [6.45, 7) is -2.60. The number of aromatic nitrogens is 1. The van der Waals surface area contributed by atoms with Crippen LogP contribution in [0.15, 0.2) is 29.6 Å². The van der Waals surface area contributed by atoms with Gasteiger partial charge >= 0.3 is 6.61 Å². The van der Waals surface area contributed by atoms with Crippen molar-refractivity contribution in [3.63, 3.8) is 0 Å². The number of nitrogens with two attached hydrogens (primary N) is 1. The summed E-state index contributed by atoms with van der Waals surface area (Å²) in [6, 6.07) is 6.00. The van der Waals surface area contributed by atoms with Crippen molar-refractivity contribution in [1.82, 2.24) is 10.3 Å². The number of benzene rings is 1. The summed E-state index contributed by atoms with van der Waals surface area (Å²) < 4.78 is 28.2. The van der Waals surface area contributed by atoms with Gasteiger partial charge < -0.3 is 15.8 Å². The lowest BCUT2D eigenvalue weighted by atomic mass is 10.2. The number of nitrogens with zero attached hydrogens (tertiary/aromatic N) is 1. The molecule has 106 valence electrons. The molecule has 3 N–H and O–H groups in total. The van der Waals surface area contributed by atoms with Crippen molar-refractivity contribution in [1.29, 1.82) is 0 Å². The van der Waals surface area contributed by atoms with E-state index in [4.69, 9.17) is 5.73 Å². The molecule has 2 aromatic rings. The second kappa shape index (κ2) is 6.29. The van der Waals surface area contributed by atoms with E-state index in [1.807, 2.05) is 0 Å². The highest BCUT2D eigenvalue weighted by atomic mass is 32.1. The van der Waals surface area contributed by atoms with Crippen LogP contribution < -0.4 is 15.8 Å². The van der Waals surface area contributed by atoms with Crippen LogP contribution in [0.4, 0.5) is 13.9 Å². The Morgan fingerprint density at radius 1 is 1.40 bits per heavy atom. The average molecular weight is 299 g/mol. The second-order valence-electron chi connectivity index (χ2n) is 3.78. The molecule has 1 aromatic heterocycles. The van der Waals surface area contributed by atoms with Crippen molar-refractivity contribution < 1.29 is 18.3 Å². The number of alkyl halides is 2. The number of rotatable bonds is 5. The summed E-state index contributed by atoms with van der Waals surface area (Å²) in [5, 5.41) is 4.53. The third-order valence-electron chi connectivity index (χ3n) is 2.36. The zero-order valence-corrected chi connectivity index (χ0v) is 11.0. The first-order chi connectivity index (χ1) is 9.54. The number of hydrogen-bond acceptors (Lipinski definition) is 5. The van der Waals surface area contributed by atoms with Gasteiger partial charge in [0.1, 0.15) is 11.4 Å². The lowest BCUT2D eigenvalue weighted by Gasteiger charge is -2.06. The Kier molecular flexibility index (Phi) is 4.46. The Bertz CT molecular complexity index is 587. The Morgan fingerprint density at radius 2 is 2.10 bits per heavy atom. The topological polar surface area (TPSA) is 77.2 Å². The van der Waals surface area contributed by atoms with Gasteiger partial charge in [-0.25, -0.2) is 4.98 Å². The monoisotopic (exact) mass is 299 g/mol. The Balaban J connectivity index is 1.89. The van der Waals surface area contributed by atoms with Gasteiger partial charge in [-0.2, -0.15) is 8.78 Å². The van der Waals surface area contributed by atoms with Crippen LogP contribution in [-0.2, 0) is 6.54 Å². The third kappa shape index (κ3) is 3.89. The molecule has 1 amide bonds. The van der Waals surface area contributed by atoms with E-state index in [9.17, 15) is 13.6 Å². The van der Waals surface area contributed by atoms with Gasteiger partial charge in [0.2, 0.25) is 0 Å². The van der Waals surface area contributed by atoms with Crippen molar-refractivity contribution in [3.8, 4) is 5.75 Å². The van der Waals surface area contributed by atoms with Crippen LogP contribution in [0.3, 0.4) is 0 Å². The van der Waals surface area contributed by atoms with Crippen LogP contribution in [0.5, 0.6) is 5.75 Å². The minimum atomic E-state index is -2.85. The van der Waals surface area contributed by atoms with Crippen LogP contribution in [0.2, 0.25) is 0 Å². The van der Waals surface area contributed by atoms with Crippen molar-refractivity contribution >= 4 is 22.4 Å². The van der Waals surface area contributed by atoms with Crippen molar-refractivity contribution in [2.24, 2.45) is 0 Å². The summed E-state index contributed by atoms with van der Waals surface area (Å²) in [4.78, 5) is 15.5. The summed E-state index contributed by atoms with van der Waals surface area (Å²) in [5.74, 6) is -0.270. The van der Waals surface area contributed by atoms with Gasteiger partial charge in [0, 0.05) is 11.9 Å². The smallest absolute Gasteiger partial charge is 0.387 e. The minimum absolute atomic E-state index is 0.0716. The molecule has 0 saturated carbocycles. The molecule has 1 aromatic carbocycles. The highest BCUT2D eigenvalue weighted by Gasteiger charge is 2.09. The Morgan fingerprint density at radius 3 is 2.65 bits per heavy atom. The molecule has 0 atom stereocenters. The molecule has 2 rings (SSSR count). The summed E-state index contributed by atoms with van der Waals surface area (Å²) in [5.41, 5.74) is 6.44. The number of nitrogens with one attached hydrogen (secondary N) is 1. The molecule has 0 saturated heterocycles. The third-order valence-corrected chi connectivity index (χ3v) is 3.03. The predicted octanol–water partition coefficient (Wildman–Crippen LogP) is 2.26. The van der Waals surface area contributed by atoms with Crippen LogP contribution >= 0.6 is 11.3 Å². The van der Waals surface area contributed by atoms with Crippen LogP contribution in [-0.4, -0.2) is 17.5 Å². The summed E-state index contributed by atoms with van der Waals surface area (Å²) >= 11 is 1.18. The summed E-state index contributed by atoms with van der Waals surface area (Å²) in [7, 11) is 0. The number of halogens is 2. The van der Waals surface area contributed by atoms with Gasteiger partial charge in [-0.05, 0) is 17.7 Å². The molecular formula is C12H11F2N3O2S. The zero-order chi connectivity index (χ0) is 14.5. The van der Waals surface area contributed by atoms with Crippen LogP contribution in [0.1, 0.15) is 16.1 Å².